The molecule has 0 N–H and O–H groups in total. The molecule has 1 amide bonds. The van der Waals surface area contributed by atoms with E-state index in [2.05, 4.69) is 4.99 Å². The zero-order valence-electron chi connectivity index (χ0n) is 11.4. The minimum absolute atomic E-state index is 0.284. The Kier molecular flexibility index (Phi) is 3.66. The zero-order valence-corrected chi connectivity index (χ0v) is 12.2. The molecule has 0 aliphatic heterocycles. The molecule has 3 nitrogen and oxygen atoms in total. The summed E-state index contributed by atoms with van der Waals surface area (Å²) in [7, 11) is 0. The first-order valence-corrected chi connectivity index (χ1v) is 7.43. The highest BCUT2D eigenvalue weighted by Crippen LogP contribution is 2.18. The Morgan fingerprint density at radius 3 is 2.71 bits per heavy atom. The summed E-state index contributed by atoms with van der Waals surface area (Å²) in [6, 6.07) is 13.5. The van der Waals surface area contributed by atoms with Gasteiger partial charge in [-0.05, 0) is 37.3 Å². The first-order valence-electron chi connectivity index (χ1n) is 6.62. The third-order valence-electron chi connectivity index (χ3n) is 3.18. The topological polar surface area (TPSA) is 34.4 Å². The molecule has 106 valence electrons. The molecule has 21 heavy (non-hydrogen) atoms. The van der Waals surface area contributed by atoms with Gasteiger partial charge in [0.15, 0.2) is 4.80 Å². The molecule has 1 heterocycles. The van der Waals surface area contributed by atoms with Gasteiger partial charge in [-0.2, -0.15) is 4.99 Å². The average molecular weight is 300 g/mol. The highest BCUT2D eigenvalue weighted by molar-refractivity contribution is 7.16. The second-order valence-corrected chi connectivity index (χ2v) is 5.53. The zero-order chi connectivity index (χ0) is 14.8. The maximum Gasteiger partial charge on any atom is 0.279 e. The summed E-state index contributed by atoms with van der Waals surface area (Å²) in [4.78, 5) is 17.0. The molecule has 0 radical (unpaired) electrons. The van der Waals surface area contributed by atoms with Gasteiger partial charge >= 0.3 is 0 Å². The number of halogens is 1. The number of hydrogen-bond donors (Lipinski definition) is 0. The van der Waals surface area contributed by atoms with Crippen LogP contribution in [0.2, 0.25) is 0 Å². The normalized spacial score (nSPS) is 12.0. The smallest absolute Gasteiger partial charge is 0.279 e. The third-order valence-corrected chi connectivity index (χ3v) is 4.22. The number of carbonyl (C=O) groups is 1. The van der Waals surface area contributed by atoms with Crippen molar-refractivity contribution in [2.24, 2.45) is 4.99 Å². The van der Waals surface area contributed by atoms with E-state index in [0.29, 0.717) is 16.9 Å². The highest BCUT2D eigenvalue weighted by Gasteiger charge is 2.08. The minimum atomic E-state index is -0.287. The number of carbonyl (C=O) groups excluding carboxylic acids is 1. The molecular weight excluding hydrogens is 287 g/mol. The van der Waals surface area contributed by atoms with Crippen molar-refractivity contribution in [2.75, 3.05) is 0 Å². The number of benzene rings is 2. The van der Waals surface area contributed by atoms with Crippen molar-refractivity contribution in [2.45, 2.75) is 13.5 Å². The van der Waals surface area contributed by atoms with E-state index in [1.165, 1.54) is 23.5 Å². The van der Waals surface area contributed by atoms with Crippen LogP contribution < -0.4 is 4.80 Å². The van der Waals surface area contributed by atoms with E-state index in [-0.39, 0.29) is 11.7 Å². The van der Waals surface area contributed by atoms with Crippen LogP contribution in [0.5, 0.6) is 0 Å². The van der Waals surface area contributed by atoms with Crippen LogP contribution in [0, 0.1) is 5.82 Å². The van der Waals surface area contributed by atoms with E-state index in [1.807, 2.05) is 17.6 Å². The van der Waals surface area contributed by atoms with Gasteiger partial charge in [-0.15, -0.1) is 0 Å². The number of aryl methyl sites for hydroxylation is 1. The lowest BCUT2D eigenvalue weighted by atomic mass is 10.2. The van der Waals surface area contributed by atoms with Crippen molar-refractivity contribution in [1.29, 1.82) is 0 Å². The van der Waals surface area contributed by atoms with E-state index in [0.717, 1.165) is 10.2 Å². The molecule has 0 spiro atoms. The van der Waals surface area contributed by atoms with Crippen molar-refractivity contribution in [3.8, 4) is 0 Å². The van der Waals surface area contributed by atoms with E-state index in [1.54, 1.807) is 30.3 Å². The van der Waals surface area contributed by atoms with Crippen LogP contribution in [-0.4, -0.2) is 10.5 Å². The molecule has 0 bridgehead atoms. The van der Waals surface area contributed by atoms with Gasteiger partial charge in [-0.3, -0.25) is 4.79 Å². The number of thiazole rings is 1. The molecule has 0 atom stereocenters. The van der Waals surface area contributed by atoms with Crippen molar-refractivity contribution in [3.05, 3.63) is 64.7 Å². The van der Waals surface area contributed by atoms with Crippen molar-refractivity contribution < 1.29 is 9.18 Å². The number of rotatable bonds is 2. The van der Waals surface area contributed by atoms with E-state index in [9.17, 15) is 9.18 Å². The second-order valence-electron chi connectivity index (χ2n) is 4.52. The van der Waals surface area contributed by atoms with Crippen LogP contribution >= 0.6 is 11.3 Å². The van der Waals surface area contributed by atoms with Gasteiger partial charge in [0, 0.05) is 12.1 Å². The summed E-state index contributed by atoms with van der Waals surface area (Å²) in [5.41, 5.74) is 1.44. The summed E-state index contributed by atoms with van der Waals surface area (Å²) in [6.45, 7) is 2.65. The lowest BCUT2D eigenvalue weighted by Gasteiger charge is -1.99. The molecule has 0 fully saturated rings. The Labute approximate surface area is 125 Å². The van der Waals surface area contributed by atoms with E-state index < -0.39 is 0 Å². The standard InChI is InChI=1S/C16H13FN2OS/c1-2-19-13-9-8-12(17)10-14(13)21-16(19)18-15(20)11-6-4-3-5-7-11/h3-10H,2H2,1H3. The van der Waals surface area contributed by atoms with Gasteiger partial charge in [0.05, 0.1) is 10.2 Å². The number of hydrogen-bond acceptors (Lipinski definition) is 2. The summed E-state index contributed by atoms with van der Waals surface area (Å²) >= 11 is 1.32. The van der Waals surface area contributed by atoms with Crippen LogP contribution in [0.25, 0.3) is 10.2 Å². The highest BCUT2D eigenvalue weighted by atomic mass is 32.1. The van der Waals surface area contributed by atoms with Crippen molar-refractivity contribution in [3.63, 3.8) is 0 Å². The maximum absolute atomic E-state index is 13.3. The van der Waals surface area contributed by atoms with Gasteiger partial charge in [-0.1, -0.05) is 29.5 Å². The molecule has 0 saturated carbocycles. The predicted molar refractivity (Wildman–Crippen MR) is 81.8 cm³/mol. The molecule has 0 aliphatic carbocycles. The van der Waals surface area contributed by atoms with Crippen LogP contribution in [0.1, 0.15) is 17.3 Å². The molecule has 0 saturated heterocycles. The predicted octanol–water partition coefficient (Wildman–Crippen LogP) is 3.60. The maximum atomic E-state index is 13.3. The fraction of sp³-hybridized carbons (Fsp3) is 0.125. The fourth-order valence-corrected chi connectivity index (χ4v) is 3.29. The van der Waals surface area contributed by atoms with E-state index >= 15 is 0 Å². The first kappa shape index (κ1) is 13.7. The molecule has 2 aromatic carbocycles. The monoisotopic (exact) mass is 300 g/mol. The Hall–Kier alpha value is -2.27. The van der Waals surface area contributed by atoms with Crippen LogP contribution in [0.15, 0.2) is 53.5 Å². The molecule has 5 heteroatoms. The number of nitrogens with zero attached hydrogens (tertiary/aromatic N) is 2. The first-order chi connectivity index (χ1) is 10.2. The molecule has 0 unspecified atom stereocenters. The second kappa shape index (κ2) is 5.61. The van der Waals surface area contributed by atoms with Gasteiger partial charge in [0.1, 0.15) is 5.82 Å². The van der Waals surface area contributed by atoms with Crippen LogP contribution in [0.4, 0.5) is 4.39 Å². The fourth-order valence-electron chi connectivity index (χ4n) is 2.17. The minimum Gasteiger partial charge on any atom is -0.317 e. The Morgan fingerprint density at radius 2 is 2.00 bits per heavy atom. The number of amides is 1. The quantitative estimate of drug-likeness (QED) is 0.712. The SMILES string of the molecule is CCn1c(=NC(=O)c2ccccc2)sc2cc(F)ccc21. The summed E-state index contributed by atoms with van der Waals surface area (Å²) < 4.78 is 16.0. The lowest BCUT2D eigenvalue weighted by molar-refractivity contribution is 0.0998. The molecule has 1 aromatic heterocycles. The number of aromatic nitrogens is 1. The average Bonchev–Trinajstić information content (AvgIpc) is 2.84. The largest absolute Gasteiger partial charge is 0.317 e. The van der Waals surface area contributed by atoms with Crippen molar-refractivity contribution in [1.82, 2.24) is 4.57 Å². The van der Waals surface area contributed by atoms with Gasteiger partial charge < -0.3 is 4.57 Å². The van der Waals surface area contributed by atoms with E-state index in [4.69, 9.17) is 0 Å². The van der Waals surface area contributed by atoms with Crippen molar-refractivity contribution >= 4 is 27.5 Å². The van der Waals surface area contributed by atoms with Gasteiger partial charge in [-0.25, -0.2) is 4.39 Å². The summed E-state index contributed by atoms with van der Waals surface area (Å²) in [5, 5.41) is 0. The Morgan fingerprint density at radius 1 is 1.24 bits per heavy atom. The number of fused-ring (bicyclic) bond motifs is 1. The molecule has 3 rings (SSSR count). The summed E-state index contributed by atoms with van der Waals surface area (Å²) in [5.74, 6) is -0.572. The van der Waals surface area contributed by atoms with Crippen LogP contribution in [-0.2, 0) is 6.54 Å². The summed E-state index contributed by atoms with van der Waals surface area (Å²) in [6.07, 6.45) is 0. The molecular formula is C16H13FN2OS. The third kappa shape index (κ3) is 2.64. The Bertz CT molecular complexity index is 865. The molecule has 3 aromatic rings. The lowest BCUT2D eigenvalue weighted by Crippen LogP contribution is -2.15. The van der Waals surface area contributed by atoms with Gasteiger partial charge in [0.2, 0.25) is 0 Å². The molecule has 0 aliphatic rings. The van der Waals surface area contributed by atoms with Crippen LogP contribution in [0.3, 0.4) is 0 Å². The Balaban J connectivity index is 2.15. The van der Waals surface area contributed by atoms with Gasteiger partial charge in [0.25, 0.3) is 5.91 Å².